The Labute approximate surface area is 54.7 Å². The van der Waals surface area contributed by atoms with Crippen molar-refractivity contribution >= 4 is 0 Å². The highest BCUT2D eigenvalue weighted by Gasteiger charge is 1.88. The normalized spacial score (nSPS) is 9.44. The number of hydrogen-bond donors (Lipinski definition) is 1. The summed E-state index contributed by atoms with van der Waals surface area (Å²) in [4.78, 5) is 4.13. The molecule has 0 atom stereocenters. The van der Waals surface area contributed by atoms with Gasteiger partial charge >= 0.3 is 0 Å². The van der Waals surface area contributed by atoms with Gasteiger partial charge in [-0.25, -0.2) is 0 Å². The van der Waals surface area contributed by atoms with Gasteiger partial charge in [0.2, 0.25) is 0 Å². The van der Waals surface area contributed by atoms with Crippen molar-refractivity contribution in [3.05, 3.63) is 30.1 Å². The van der Waals surface area contributed by atoms with Crippen LogP contribution in [-0.2, 0) is 6.42 Å². The molecule has 0 fully saturated rings. The molecule has 1 aromatic heterocycles. The molecule has 0 saturated heterocycles. The van der Waals surface area contributed by atoms with Crippen molar-refractivity contribution in [1.82, 2.24) is 4.98 Å². The molecule has 2 nitrogen and oxygen atoms in total. The summed E-state index contributed by atoms with van der Waals surface area (Å²) in [5.74, 6) is 0. The summed E-state index contributed by atoms with van der Waals surface area (Å²) in [5, 5.41) is 0. The lowest BCUT2D eigenvalue weighted by Crippen LogP contribution is -2.51. The van der Waals surface area contributed by atoms with Gasteiger partial charge in [0.1, 0.15) is 0 Å². The lowest BCUT2D eigenvalue weighted by molar-refractivity contribution is -0.366. The quantitative estimate of drug-likeness (QED) is 0.584. The van der Waals surface area contributed by atoms with Crippen LogP contribution in [0.1, 0.15) is 5.69 Å². The topological polar surface area (TPSA) is 40.5 Å². The van der Waals surface area contributed by atoms with E-state index in [0.717, 1.165) is 18.7 Å². The maximum absolute atomic E-state index is 4.13. The Bertz CT molecular complexity index is 160. The predicted molar refractivity (Wildman–Crippen MR) is 35.7 cm³/mol. The molecule has 0 radical (unpaired) electrons. The first kappa shape index (κ1) is 6.23. The van der Waals surface area contributed by atoms with E-state index in [-0.39, 0.29) is 0 Å². The fourth-order valence-electron chi connectivity index (χ4n) is 0.727. The lowest BCUT2D eigenvalue weighted by Gasteiger charge is -1.91. The summed E-state index contributed by atoms with van der Waals surface area (Å²) >= 11 is 0. The largest absolute Gasteiger partial charge is 0.357 e. The van der Waals surface area contributed by atoms with Crippen LogP contribution in [0.3, 0.4) is 0 Å². The summed E-state index contributed by atoms with van der Waals surface area (Å²) in [6.45, 7) is 0.928. The summed E-state index contributed by atoms with van der Waals surface area (Å²) < 4.78 is 0. The van der Waals surface area contributed by atoms with Gasteiger partial charge in [-0.1, -0.05) is 6.07 Å². The minimum Gasteiger partial charge on any atom is -0.357 e. The van der Waals surface area contributed by atoms with Crippen molar-refractivity contribution in [2.75, 3.05) is 6.54 Å². The second-order valence-corrected chi connectivity index (χ2v) is 1.92. The van der Waals surface area contributed by atoms with Gasteiger partial charge in [0, 0.05) is 18.3 Å². The highest BCUT2D eigenvalue weighted by Crippen LogP contribution is 1.90. The third kappa shape index (κ3) is 1.82. The van der Waals surface area contributed by atoms with Gasteiger partial charge in [0.05, 0.1) is 6.54 Å². The molecule has 3 N–H and O–H groups in total. The highest BCUT2D eigenvalue weighted by atomic mass is 14.7. The van der Waals surface area contributed by atoms with Crippen LogP contribution in [0.5, 0.6) is 0 Å². The Morgan fingerprint density at radius 3 is 2.89 bits per heavy atom. The van der Waals surface area contributed by atoms with Crippen molar-refractivity contribution in [2.45, 2.75) is 6.42 Å². The molecule has 9 heavy (non-hydrogen) atoms. The van der Waals surface area contributed by atoms with Gasteiger partial charge in [0.25, 0.3) is 0 Å². The van der Waals surface area contributed by atoms with Crippen molar-refractivity contribution in [3.8, 4) is 0 Å². The number of hydrogen-bond acceptors (Lipinski definition) is 1. The van der Waals surface area contributed by atoms with E-state index in [9.17, 15) is 0 Å². The fraction of sp³-hybridized carbons (Fsp3) is 0.286. The Hall–Kier alpha value is -0.890. The number of nitrogens with zero attached hydrogens (tertiary/aromatic N) is 1. The molecule has 0 bridgehead atoms. The van der Waals surface area contributed by atoms with Crippen LogP contribution in [0, 0.1) is 0 Å². The molecule has 0 spiro atoms. The van der Waals surface area contributed by atoms with Crippen molar-refractivity contribution in [1.29, 1.82) is 0 Å². The van der Waals surface area contributed by atoms with Crippen molar-refractivity contribution < 1.29 is 5.73 Å². The molecular weight excluding hydrogens is 112 g/mol. The molecule has 0 amide bonds. The van der Waals surface area contributed by atoms with Gasteiger partial charge in [-0.2, -0.15) is 0 Å². The van der Waals surface area contributed by atoms with E-state index in [1.165, 1.54) is 0 Å². The maximum atomic E-state index is 4.13. The Morgan fingerprint density at radius 2 is 2.33 bits per heavy atom. The first-order valence-corrected chi connectivity index (χ1v) is 3.12. The third-order valence-electron chi connectivity index (χ3n) is 1.16. The molecular formula is C7H11N2+. The van der Waals surface area contributed by atoms with Crippen molar-refractivity contribution in [2.24, 2.45) is 0 Å². The average Bonchev–Trinajstić information content (AvgIpc) is 1.91. The van der Waals surface area contributed by atoms with E-state index >= 15 is 0 Å². The molecule has 48 valence electrons. The van der Waals surface area contributed by atoms with Crippen LogP contribution in [0.15, 0.2) is 24.4 Å². The smallest absolute Gasteiger partial charge is 0.0796 e. The highest BCUT2D eigenvalue weighted by molar-refractivity contribution is 5.02. The zero-order valence-corrected chi connectivity index (χ0v) is 5.38. The predicted octanol–water partition coefficient (Wildman–Crippen LogP) is -0.134. The maximum Gasteiger partial charge on any atom is 0.0796 e. The summed E-state index contributed by atoms with van der Waals surface area (Å²) in [6.07, 6.45) is 2.80. The van der Waals surface area contributed by atoms with E-state index in [1.807, 2.05) is 24.4 Å². The molecule has 0 aliphatic rings. The van der Waals surface area contributed by atoms with Crippen LogP contribution in [0.4, 0.5) is 0 Å². The fourth-order valence-corrected chi connectivity index (χ4v) is 0.727. The monoisotopic (exact) mass is 123 g/mol. The van der Waals surface area contributed by atoms with E-state index in [1.54, 1.807) is 0 Å². The Morgan fingerprint density at radius 1 is 1.44 bits per heavy atom. The van der Waals surface area contributed by atoms with Crippen LogP contribution < -0.4 is 5.73 Å². The molecule has 0 aromatic carbocycles. The molecule has 1 rings (SSSR count). The van der Waals surface area contributed by atoms with E-state index in [0.29, 0.717) is 0 Å². The lowest BCUT2D eigenvalue weighted by atomic mass is 10.3. The van der Waals surface area contributed by atoms with E-state index < -0.39 is 0 Å². The van der Waals surface area contributed by atoms with E-state index in [4.69, 9.17) is 0 Å². The van der Waals surface area contributed by atoms with Gasteiger partial charge in [0.15, 0.2) is 0 Å². The summed E-state index contributed by atoms with van der Waals surface area (Å²) in [7, 11) is 0. The van der Waals surface area contributed by atoms with Gasteiger partial charge < -0.3 is 5.73 Å². The van der Waals surface area contributed by atoms with Crippen LogP contribution in [0.2, 0.25) is 0 Å². The average molecular weight is 123 g/mol. The van der Waals surface area contributed by atoms with E-state index in [2.05, 4.69) is 10.7 Å². The zero-order valence-electron chi connectivity index (χ0n) is 5.38. The van der Waals surface area contributed by atoms with Crippen molar-refractivity contribution in [3.63, 3.8) is 0 Å². The second-order valence-electron chi connectivity index (χ2n) is 1.92. The molecule has 1 aromatic rings. The Balaban J connectivity index is 2.61. The first-order chi connectivity index (χ1) is 4.43. The molecule has 0 aliphatic carbocycles. The Kier molecular flexibility index (Phi) is 2.22. The molecule has 2 heteroatoms. The summed E-state index contributed by atoms with van der Waals surface area (Å²) in [5.41, 5.74) is 4.87. The van der Waals surface area contributed by atoms with Gasteiger partial charge in [-0.3, -0.25) is 4.98 Å². The molecule has 0 unspecified atom stereocenters. The van der Waals surface area contributed by atoms with Gasteiger partial charge in [-0.15, -0.1) is 0 Å². The SMILES string of the molecule is [NH3+]CCc1ccccn1. The third-order valence-corrected chi connectivity index (χ3v) is 1.16. The number of pyridine rings is 1. The number of quaternary nitrogens is 1. The molecule has 0 aliphatic heterocycles. The zero-order chi connectivity index (χ0) is 6.53. The minimum absolute atomic E-state index is 0.928. The van der Waals surface area contributed by atoms with Gasteiger partial charge in [-0.05, 0) is 12.1 Å². The minimum atomic E-state index is 0.928. The van der Waals surface area contributed by atoms with Crippen LogP contribution >= 0.6 is 0 Å². The standard InChI is InChI=1S/C7H10N2/c8-5-4-7-3-1-2-6-9-7/h1-3,6H,4-5,8H2/p+1. The second kappa shape index (κ2) is 3.20. The van der Waals surface area contributed by atoms with Crippen LogP contribution in [0.25, 0.3) is 0 Å². The molecule has 1 heterocycles. The number of rotatable bonds is 2. The summed E-state index contributed by atoms with van der Waals surface area (Å²) in [6, 6.07) is 5.94. The molecule has 0 saturated carbocycles. The van der Waals surface area contributed by atoms with Crippen LogP contribution in [-0.4, -0.2) is 11.5 Å². The first-order valence-electron chi connectivity index (χ1n) is 3.12. The number of aromatic nitrogens is 1.